The summed E-state index contributed by atoms with van der Waals surface area (Å²) in [5.74, 6) is -0.608. The molecule has 0 fully saturated rings. The molecule has 28 heavy (non-hydrogen) atoms. The molecule has 5 rings (SSSR count). The first-order valence-corrected chi connectivity index (χ1v) is 9.47. The van der Waals surface area contributed by atoms with E-state index >= 15 is 0 Å². The van der Waals surface area contributed by atoms with Crippen LogP contribution in [0.5, 0.6) is 0 Å². The van der Waals surface area contributed by atoms with Gasteiger partial charge in [-0.15, -0.1) is 0 Å². The second-order valence-corrected chi connectivity index (χ2v) is 7.59. The van der Waals surface area contributed by atoms with Gasteiger partial charge in [-0.05, 0) is 24.6 Å². The van der Waals surface area contributed by atoms with E-state index in [9.17, 15) is 4.79 Å². The molecule has 5 heteroatoms. The van der Waals surface area contributed by atoms with Crippen LogP contribution in [0.4, 0.5) is 5.69 Å². The predicted octanol–water partition coefficient (Wildman–Crippen LogP) is 5.01. The Morgan fingerprint density at radius 2 is 1.79 bits per heavy atom. The van der Waals surface area contributed by atoms with Gasteiger partial charge in [-0.25, -0.2) is 0 Å². The molecule has 3 aromatic rings. The Balaban J connectivity index is 1.72. The molecule has 0 radical (unpaired) electrons. The van der Waals surface area contributed by atoms with Gasteiger partial charge in [0.05, 0.1) is 17.3 Å². The van der Waals surface area contributed by atoms with Gasteiger partial charge >= 0.3 is 0 Å². The van der Waals surface area contributed by atoms with Gasteiger partial charge < -0.3 is 10.2 Å². The van der Waals surface area contributed by atoms with E-state index in [1.54, 1.807) is 12.1 Å². The van der Waals surface area contributed by atoms with Crippen molar-refractivity contribution in [2.24, 2.45) is 5.16 Å². The Morgan fingerprint density at radius 1 is 1.04 bits per heavy atom. The number of carbonyl (C=O) groups excluding carboxylic acids is 1. The Kier molecular flexibility index (Phi) is 3.78. The SMILES string of the molecule is Cc1ccc(C2=NO[C@@]3(C(=O)Nc4cc(Cl)ccc43)[C@@H]2c2ccccc2)cc1. The summed E-state index contributed by atoms with van der Waals surface area (Å²) in [6.07, 6.45) is 0. The zero-order valence-corrected chi connectivity index (χ0v) is 15.9. The molecule has 0 unspecified atom stereocenters. The van der Waals surface area contributed by atoms with Crippen molar-refractivity contribution in [3.8, 4) is 0 Å². The van der Waals surface area contributed by atoms with Crippen molar-refractivity contribution in [2.75, 3.05) is 5.32 Å². The maximum Gasteiger partial charge on any atom is 0.277 e. The maximum atomic E-state index is 13.2. The third kappa shape index (κ3) is 2.38. The van der Waals surface area contributed by atoms with E-state index in [1.165, 1.54) is 0 Å². The van der Waals surface area contributed by atoms with E-state index in [2.05, 4.69) is 10.5 Å². The average Bonchev–Trinajstić information content (AvgIpc) is 3.22. The summed E-state index contributed by atoms with van der Waals surface area (Å²) in [5.41, 5.74) is 3.97. The lowest BCUT2D eigenvalue weighted by molar-refractivity contribution is -0.139. The number of oxime groups is 1. The van der Waals surface area contributed by atoms with Gasteiger partial charge in [0.1, 0.15) is 0 Å². The highest BCUT2D eigenvalue weighted by atomic mass is 35.5. The number of fused-ring (bicyclic) bond motifs is 2. The zero-order chi connectivity index (χ0) is 19.3. The lowest BCUT2D eigenvalue weighted by Gasteiger charge is -2.28. The molecular weight excluding hydrogens is 372 g/mol. The molecule has 2 aliphatic heterocycles. The number of nitrogens with zero attached hydrogens (tertiary/aromatic N) is 1. The topological polar surface area (TPSA) is 50.7 Å². The normalized spacial score (nSPS) is 22.6. The smallest absolute Gasteiger partial charge is 0.277 e. The summed E-state index contributed by atoms with van der Waals surface area (Å²) in [6.45, 7) is 2.04. The first-order valence-electron chi connectivity index (χ1n) is 9.09. The fourth-order valence-corrected chi connectivity index (χ4v) is 4.23. The van der Waals surface area contributed by atoms with Gasteiger partial charge in [0.15, 0.2) is 0 Å². The summed E-state index contributed by atoms with van der Waals surface area (Å²) < 4.78 is 0. The van der Waals surface area contributed by atoms with Gasteiger partial charge in [-0.2, -0.15) is 0 Å². The fourth-order valence-electron chi connectivity index (χ4n) is 4.06. The van der Waals surface area contributed by atoms with Gasteiger partial charge in [0.2, 0.25) is 0 Å². The lowest BCUT2D eigenvalue weighted by Crippen LogP contribution is -2.41. The number of hydrogen-bond acceptors (Lipinski definition) is 3. The van der Waals surface area contributed by atoms with Crippen molar-refractivity contribution in [3.05, 3.63) is 100 Å². The number of halogens is 1. The Hall–Kier alpha value is -3.11. The van der Waals surface area contributed by atoms with Crippen molar-refractivity contribution in [3.63, 3.8) is 0 Å². The minimum Gasteiger partial charge on any atom is -0.373 e. The van der Waals surface area contributed by atoms with Crippen molar-refractivity contribution in [1.82, 2.24) is 0 Å². The van der Waals surface area contributed by atoms with Crippen LogP contribution >= 0.6 is 11.6 Å². The quantitative estimate of drug-likeness (QED) is 0.670. The second-order valence-electron chi connectivity index (χ2n) is 7.16. The number of anilines is 1. The van der Waals surface area contributed by atoms with Crippen molar-refractivity contribution < 1.29 is 9.63 Å². The number of benzene rings is 3. The molecule has 2 aliphatic rings. The summed E-state index contributed by atoms with van der Waals surface area (Å²) >= 11 is 6.14. The maximum absolute atomic E-state index is 13.2. The highest BCUT2D eigenvalue weighted by Gasteiger charge is 2.61. The largest absolute Gasteiger partial charge is 0.373 e. The summed E-state index contributed by atoms with van der Waals surface area (Å²) in [6, 6.07) is 23.4. The first-order chi connectivity index (χ1) is 13.6. The predicted molar refractivity (Wildman–Crippen MR) is 110 cm³/mol. The van der Waals surface area contributed by atoms with Crippen LogP contribution in [0.15, 0.2) is 78.0 Å². The van der Waals surface area contributed by atoms with Crippen molar-refractivity contribution >= 4 is 28.9 Å². The molecule has 0 saturated heterocycles. The molecular formula is C23H17ClN2O2. The molecule has 2 heterocycles. The number of rotatable bonds is 2. The highest BCUT2D eigenvalue weighted by molar-refractivity contribution is 6.31. The van der Waals surface area contributed by atoms with E-state index in [0.717, 1.165) is 28.0 Å². The van der Waals surface area contributed by atoms with Crippen LogP contribution in [0.3, 0.4) is 0 Å². The summed E-state index contributed by atoms with van der Waals surface area (Å²) in [4.78, 5) is 19.2. The zero-order valence-electron chi connectivity index (χ0n) is 15.1. The monoisotopic (exact) mass is 388 g/mol. The van der Waals surface area contributed by atoms with Gasteiger partial charge in [0.25, 0.3) is 11.5 Å². The van der Waals surface area contributed by atoms with Crippen LogP contribution in [0.25, 0.3) is 0 Å². The molecule has 0 saturated carbocycles. The van der Waals surface area contributed by atoms with E-state index < -0.39 is 5.60 Å². The lowest BCUT2D eigenvalue weighted by atomic mass is 9.74. The van der Waals surface area contributed by atoms with Crippen LogP contribution in [-0.4, -0.2) is 11.6 Å². The Bertz CT molecular complexity index is 1110. The average molecular weight is 389 g/mol. The summed E-state index contributed by atoms with van der Waals surface area (Å²) in [5, 5.41) is 7.91. The van der Waals surface area contributed by atoms with Crippen LogP contribution in [0, 0.1) is 6.92 Å². The van der Waals surface area contributed by atoms with Gasteiger partial charge in [-0.1, -0.05) is 83.0 Å². The Labute approximate surface area is 167 Å². The van der Waals surface area contributed by atoms with E-state index in [1.807, 2.05) is 67.6 Å². The number of hydrogen-bond donors (Lipinski definition) is 1. The minimum atomic E-state index is -1.25. The summed E-state index contributed by atoms with van der Waals surface area (Å²) in [7, 11) is 0. The van der Waals surface area contributed by atoms with Crippen molar-refractivity contribution in [2.45, 2.75) is 18.4 Å². The molecule has 0 bridgehead atoms. The highest BCUT2D eigenvalue weighted by Crippen LogP contribution is 2.53. The van der Waals surface area contributed by atoms with Crippen LogP contribution in [-0.2, 0) is 15.2 Å². The second kappa shape index (κ2) is 6.21. The van der Waals surface area contributed by atoms with E-state index in [-0.39, 0.29) is 11.8 Å². The molecule has 138 valence electrons. The third-order valence-corrected chi connectivity index (χ3v) is 5.65. The standard InChI is InChI=1S/C23H17ClN2O2/c1-14-7-9-16(10-8-14)21-20(15-5-3-2-4-6-15)23(28-26-21)18-12-11-17(24)13-19(18)25-22(23)27/h2-13,20H,1H3,(H,25,27)/t20-,23-/m1/s1. The van der Waals surface area contributed by atoms with Gasteiger partial charge in [-0.3, -0.25) is 4.79 Å². The first kappa shape index (κ1) is 17.0. The molecule has 1 N–H and O–H groups in total. The molecule has 4 nitrogen and oxygen atoms in total. The number of nitrogens with one attached hydrogen (secondary N) is 1. The molecule has 2 atom stereocenters. The van der Waals surface area contributed by atoms with Crippen LogP contribution < -0.4 is 5.32 Å². The van der Waals surface area contributed by atoms with Gasteiger partial charge in [0, 0.05) is 16.1 Å². The van der Waals surface area contributed by atoms with E-state index in [0.29, 0.717) is 10.7 Å². The number of carbonyl (C=O) groups is 1. The van der Waals surface area contributed by atoms with E-state index in [4.69, 9.17) is 16.4 Å². The van der Waals surface area contributed by atoms with Crippen LogP contribution in [0.1, 0.15) is 28.2 Å². The molecule has 0 aliphatic carbocycles. The Morgan fingerprint density at radius 3 is 2.54 bits per heavy atom. The minimum absolute atomic E-state index is 0.232. The number of aryl methyl sites for hydroxylation is 1. The molecule has 3 aromatic carbocycles. The van der Waals surface area contributed by atoms with Crippen molar-refractivity contribution in [1.29, 1.82) is 0 Å². The molecule has 0 aromatic heterocycles. The third-order valence-electron chi connectivity index (χ3n) is 5.42. The fraction of sp³-hybridized carbons (Fsp3) is 0.130. The van der Waals surface area contributed by atoms with Crippen LogP contribution in [0.2, 0.25) is 5.02 Å². The molecule has 1 amide bonds. The molecule has 1 spiro atoms. The number of amides is 1.